The predicted molar refractivity (Wildman–Crippen MR) is 90.7 cm³/mol. The number of aromatic nitrogens is 2. The zero-order valence-corrected chi connectivity index (χ0v) is 14.0. The summed E-state index contributed by atoms with van der Waals surface area (Å²) in [4.78, 5) is 16.6. The van der Waals surface area contributed by atoms with E-state index in [2.05, 4.69) is 14.7 Å². The van der Waals surface area contributed by atoms with E-state index in [0.29, 0.717) is 11.0 Å². The van der Waals surface area contributed by atoms with E-state index < -0.39 is 10.0 Å². The van der Waals surface area contributed by atoms with Crippen LogP contribution in [0.4, 0.5) is 5.69 Å². The lowest BCUT2D eigenvalue weighted by Crippen LogP contribution is -2.13. The van der Waals surface area contributed by atoms with Crippen molar-refractivity contribution >= 4 is 38.3 Å². The third-order valence-electron chi connectivity index (χ3n) is 3.64. The Bertz CT molecular complexity index is 1070. The number of hydrogen-bond donors (Lipinski definition) is 3. The summed E-state index contributed by atoms with van der Waals surface area (Å²) in [5, 5.41) is 0.195. The minimum absolute atomic E-state index is 0.152. The van der Waals surface area contributed by atoms with Crippen LogP contribution < -0.4 is 10.4 Å². The van der Waals surface area contributed by atoms with Gasteiger partial charge < -0.3 is 9.97 Å². The Morgan fingerprint density at radius 1 is 1.00 bits per heavy atom. The standard InChI is InChI=1S/C15H14ClN3O3S/c1-8-3-4-10(5-9(8)2)23(21,22)19-12-7-14-13(6-11(12)16)17-15(20)18-14/h3-7,19H,1-2H3,(H2,17,18,20). The lowest BCUT2D eigenvalue weighted by atomic mass is 10.1. The maximum atomic E-state index is 12.5. The molecule has 0 amide bonds. The molecule has 120 valence electrons. The molecule has 0 aliphatic rings. The van der Waals surface area contributed by atoms with Crippen LogP contribution in [0, 0.1) is 13.8 Å². The fourth-order valence-electron chi connectivity index (χ4n) is 2.22. The summed E-state index contributed by atoms with van der Waals surface area (Å²) in [7, 11) is -3.77. The number of nitrogens with one attached hydrogen (secondary N) is 3. The number of fused-ring (bicyclic) bond motifs is 1. The van der Waals surface area contributed by atoms with Gasteiger partial charge >= 0.3 is 5.69 Å². The average molecular weight is 352 g/mol. The van der Waals surface area contributed by atoms with Crippen LogP contribution in [0.5, 0.6) is 0 Å². The molecule has 0 aliphatic heterocycles. The highest BCUT2D eigenvalue weighted by atomic mass is 35.5. The van der Waals surface area contributed by atoms with Crippen molar-refractivity contribution in [1.29, 1.82) is 0 Å². The third kappa shape index (κ3) is 2.97. The Labute approximate surface area is 137 Å². The first kappa shape index (κ1) is 15.6. The Kier molecular flexibility index (Phi) is 3.69. The average Bonchev–Trinajstić information content (AvgIpc) is 2.81. The monoisotopic (exact) mass is 351 g/mol. The summed E-state index contributed by atoms with van der Waals surface area (Å²) in [6.07, 6.45) is 0. The molecule has 0 atom stereocenters. The van der Waals surface area contributed by atoms with Gasteiger partial charge in [0.1, 0.15) is 0 Å². The number of aryl methyl sites for hydroxylation is 2. The lowest BCUT2D eigenvalue weighted by molar-refractivity contribution is 0.601. The van der Waals surface area contributed by atoms with E-state index >= 15 is 0 Å². The van der Waals surface area contributed by atoms with Crippen LogP contribution in [-0.2, 0) is 10.0 Å². The Balaban J connectivity index is 2.04. The van der Waals surface area contributed by atoms with Crippen molar-refractivity contribution in [2.75, 3.05) is 4.72 Å². The van der Waals surface area contributed by atoms with Crippen molar-refractivity contribution in [1.82, 2.24) is 9.97 Å². The van der Waals surface area contributed by atoms with E-state index in [1.165, 1.54) is 18.2 Å². The van der Waals surface area contributed by atoms with E-state index in [1.54, 1.807) is 12.1 Å². The normalized spacial score (nSPS) is 11.8. The van der Waals surface area contributed by atoms with Crippen molar-refractivity contribution < 1.29 is 8.42 Å². The summed E-state index contributed by atoms with van der Waals surface area (Å²) in [6, 6.07) is 7.86. The molecule has 6 nitrogen and oxygen atoms in total. The van der Waals surface area contributed by atoms with Gasteiger partial charge in [-0.2, -0.15) is 0 Å². The lowest BCUT2D eigenvalue weighted by Gasteiger charge is -2.11. The Hall–Kier alpha value is -2.25. The maximum absolute atomic E-state index is 12.5. The molecule has 1 aromatic heterocycles. The van der Waals surface area contributed by atoms with Crippen LogP contribution in [0.2, 0.25) is 5.02 Å². The number of anilines is 1. The number of halogens is 1. The molecule has 0 radical (unpaired) electrons. The molecule has 0 saturated heterocycles. The van der Waals surface area contributed by atoms with Crippen molar-refractivity contribution in [3.8, 4) is 0 Å². The smallest absolute Gasteiger partial charge is 0.306 e. The number of H-pyrrole nitrogens is 2. The van der Waals surface area contributed by atoms with E-state index in [-0.39, 0.29) is 21.3 Å². The van der Waals surface area contributed by atoms with Crippen LogP contribution in [0.15, 0.2) is 40.0 Å². The highest BCUT2D eigenvalue weighted by Crippen LogP contribution is 2.28. The fourth-order valence-corrected chi connectivity index (χ4v) is 3.64. The highest BCUT2D eigenvalue weighted by Gasteiger charge is 2.17. The summed E-state index contributed by atoms with van der Waals surface area (Å²) < 4.78 is 27.5. The summed E-state index contributed by atoms with van der Waals surface area (Å²) >= 11 is 6.10. The molecule has 1 heterocycles. The molecule has 3 rings (SSSR count). The van der Waals surface area contributed by atoms with E-state index in [0.717, 1.165) is 11.1 Å². The van der Waals surface area contributed by atoms with Gasteiger partial charge in [0.15, 0.2) is 0 Å². The fraction of sp³-hybridized carbons (Fsp3) is 0.133. The van der Waals surface area contributed by atoms with Gasteiger partial charge in [-0.05, 0) is 49.2 Å². The first-order chi connectivity index (χ1) is 10.8. The van der Waals surface area contributed by atoms with Crippen molar-refractivity contribution in [3.05, 3.63) is 57.0 Å². The summed E-state index contributed by atoms with van der Waals surface area (Å²) in [6.45, 7) is 3.75. The zero-order chi connectivity index (χ0) is 16.8. The number of hydrogen-bond acceptors (Lipinski definition) is 3. The molecule has 3 N–H and O–H groups in total. The molecule has 0 saturated carbocycles. The first-order valence-corrected chi connectivity index (χ1v) is 8.64. The number of sulfonamides is 1. The van der Waals surface area contributed by atoms with Gasteiger partial charge in [-0.25, -0.2) is 13.2 Å². The molecule has 0 spiro atoms. The van der Waals surface area contributed by atoms with E-state index in [4.69, 9.17) is 11.6 Å². The molecule has 0 fully saturated rings. The topological polar surface area (TPSA) is 94.8 Å². The largest absolute Gasteiger partial charge is 0.323 e. The molecule has 3 aromatic rings. The number of rotatable bonds is 3. The van der Waals surface area contributed by atoms with Crippen LogP contribution in [0.1, 0.15) is 11.1 Å². The summed E-state index contributed by atoms with van der Waals surface area (Å²) in [5.41, 5.74) is 2.68. The van der Waals surface area contributed by atoms with Crippen LogP contribution in [0.25, 0.3) is 11.0 Å². The Morgan fingerprint density at radius 3 is 2.30 bits per heavy atom. The minimum atomic E-state index is -3.77. The summed E-state index contributed by atoms with van der Waals surface area (Å²) in [5.74, 6) is 0. The predicted octanol–water partition coefficient (Wildman–Crippen LogP) is 2.93. The van der Waals surface area contributed by atoms with Crippen molar-refractivity contribution in [2.45, 2.75) is 18.7 Å². The molecule has 23 heavy (non-hydrogen) atoms. The second kappa shape index (κ2) is 5.43. The van der Waals surface area contributed by atoms with Crippen LogP contribution in [0.3, 0.4) is 0 Å². The van der Waals surface area contributed by atoms with Crippen molar-refractivity contribution in [3.63, 3.8) is 0 Å². The second-order valence-corrected chi connectivity index (χ2v) is 7.40. The van der Waals surface area contributed by atoms with Gasteiger partial charge in [0.05, 0.1) is 26.6 Å². The van der Waals surface area contributed by atoms with Gasteiger partial charge in [0, 0.05) is 0 Å². The van der Waals surface area contributed by atoms with Gasteiger partial charge in [-0.1, -0.05) is 17.7 Å². The highest BCUT2D eigenvalue weighted by molar-refractivity contribution is 7.92. The van der Waals surface area contributed by atoms with Gasteiger partial charge in [0.25, 0.3) is 10.0 Å². The van der Waals surface area contributed by atoms with E-state index in [9.17, 15) is 13.2 Å². The SMILES string of the molecule is Cc1ccc(S(=O)(=O)Nc2cc3[nH]c(=O)[nH]c3cc2Cl)cc1C. The van der Waals surface area contributed by atoms with Crippen LogP contribution >= 0.6 is 11.6 Å². The van der Waals surface area contributed by atoms with Gasteiger partial charge in [-0.15, -0.1) is 0 Å². The quantitative estimate of drug-likeness (QED) is 0.677. The van der Waals surface area contributed by atoms with Crippen molar-refractivity contribution in [2.24, 2.45) is 0 Å². The molecule has 2 aromatic carbocycles. The minimum Gasteiger partial charge on any atom is -0.306 e. The van der Waals surface area contributed by atoms with E-state index in [1.807, 2.05) is 13.8 Å². The molecule has 8 heteroatoms. The third-order valence-corrected chi connectivity index (χ3v) is 5.31. The van der Waals surface area contributed by atoms with Gasteiger partial charge in [0.2, 0.25) is 0 Å². The number of aromatic amines is 2. The molecular formula is C15H14ClN3O3S. The maximum Gasteiger partial charge on any atom is 0.323 e. The number of imidazole rings is 1. The molecule has 0 aliphatic carbocycles. The van der Waals surface area contributed by atoms with Gasteiger partial charge in [-0.3, -0.25) is 4.72 Å². The second-order valence-electron chi connectivity index (χ2n) is 5.31. The molecule has 0 unspecified atom stereocenters. The van der Waals surface area contributed by atoms with Crippen LogP contribution in [-0.4, -0.2) is 18.4 Å². The first-order valence-electron chi connectivity index (χ1n) is 6.78. The zero-order valence-electron chi connectivity index (χ0n) is 12.4. The molecular weight excluding hydrogens is 338 g/mol. The number of benzene rings is 2. The Morgan fingerprint density at radius 2 is 1.65 bits per heavy atom. The molecule has 0 bridgehead atoms.